The van der Waals surface area contributed by atoms with Crippen LogP contribution in [0.15, 0.2) is 53.1 Å². The molecule has 5 rings (SSSR count). The second-order valence-electron chi connectivity index (χ2n) is 7.75. The Bertz CT molecular complexity index is 1240. The number of fused-ring (bicyclic) bond motifs is 1. The number of carbonyl (C=O) groups excluding carboxylic acids is 1. The highest BCUT2D eigenvalue weighted by atomic mass is 32.1. The number of nitrogens with one attached hydrogen (secondary N) is 1. The number of hydrogen-bond donors (Lipinski definition) is 1. The van der Waals surface area contributed by atoms with Crippen molar-refractivity contribution in [1.82, 2.24) is 15.0 Å². The molecule has 1 amide bonds. The van der Waals surface area contributed by atoms with Crippen molar-refractivity contribution in [3.05, 3.63) is 65.7 Å². The van der Waals surface area contributed by atoms with Crippen molar-refractivity contribution >= 4 is 32.6 Å². The lowest BCUT2D eigenvalue weighted by atomic mass is 10.1. The number of nitrogens with zero attached hydrogens (tertiary/aromatic N) is 3. The number of likely N-dealkylation sites (tertiary alicyclic amines) is 1. The number of halogens is 1. The van der Waals surface area contributed by atoms with Crippen LogP contribution < -0.4 is 5.32 Å². The summed E-state index contributed by atoms with van der Waals surface area (Å²) in [6.07, 6.45) is 0.906. The van der Waals surface area contributed by atoms with Crippen molar-refractivity contribution < 1.29 is 13.7 Å². The Morgan fingerprint density at radius 3 is 2.97 bits per heavy atom. The summed E-state index contributed by atoms with van der Waals surface area (Å²) in [5.74, 6) is 0.544. The Kier molecular flexibility index (Phi) is 5.15. The molecule has 0 aliphatic carbocycles. The molecule has 1 N–H and O–H groups in total. The highest BCUT2D eigenvalue weighted by Crippen LogP contribution is 2.30. The number of thiazole rings is 1. The first kappa shape index (κ1) is 19.7. The Labute approximate surface area is 182 Å². The minimum Gasteiger partial charge on any atom is -0.361 e. The van der Waals surface area contributed by atoms with Crippen molar-refractivity contribution in [2.75, 3.05) is 25.0 Å². The van der Waals surface area contributed by atoms with Gasteiger partial charge >= 0.3 is 0 Å². The first-order chi connectivity index (χ1) is 15.1. The zero-order valence-electron chi connectivity index (χ0n) is 17.0. The number of rotatable bonds is 5. The van der Waals surface area contributed by atoms with E-state index in [-0.39, 0.29) is 11.7 Å². The van der Waals surface area contributed by atoms with Crippen LogP contribution >= 0.6 is 11.3 Å². The molecule has 0 radical (unpaired) electrons. The largest absolute Gasteiger partial charge is 0.361 e. The summed E-state index contributed by atoms with van der Waals surface area (Å²) in [6.45, 7) is 3.83. The molecule has 1 atom stereocenters. The van der Waals surface area contributed by atoms with Crippen LogP contribution in [0.25, 0.3) is 21.5 Å². The molecule has 1 fully saturated rings. The molecule has 1 saturated heterocycles. The molecule has 4 aromatic rings. The van der Waals surface area contributed by atoms with E-state index in [2.05, 4.69) is 15.5 Å². The van der Waals surface area contributed by atoms with Gasteiger partial charge < -0.3 is 14.7 Å². The monoisotopic (exact) mass is 436 g/mol. The summed E-state index contributed by atoms with van der Waals surface area (Å²) in [4.78, 5) is 19.6. The van der Waals surface area contributed by atoms with Crippen LogP contribution in [0.1, 0.15) is 22.5 Å². The average Bonchev–Trinajstić information content (AvgIpc) is 3.50. The van der Waals surface area contributed by atoms with Crippen LogP contribution in [0, 0.1) is 18.7 Å². The van der Waals surface area contributed by atoms with Crippen molar-refractivity contribution in [1.29, 1.82) is 0 Å². The number of aromatic nitrogens is 2. The maximum absolute atomic E-state index is 13.4. The molecule has 158 valence electrons. The average molecular weight is 437 g/mol. The Morgan fingerprint density at radius 1 is 1.29 bits per heavy atom. The van der Waals surface area contributed by atoms with Gasteiger partial charge in [-0.05, 0) is 37.5 Å². The lowest BCUT2D eigenvalue weighted by molar-refractivity contribution is 0.0786. The SMILES string of the molecule is Cc1onc(-c2ccccc2)c1C(=O)N1CCC(CNc2nc3ccc(F)cc3s2)C1. The summed E-state index contributed by atoms with van der Waals surface area (Å²) in [5, 5.41) is 8.26. The van der Waals surface area contributed by atoms with E-state index in [9.17, 15) is 9.18 Å². The summed E-state index contributed by atoms with van der Waals surface area (Å²) in [7, 11) is 0. The van der Waals surface area contributed by atoms with E-state index in [0.29, 0.717) is 42.6 Å². The lowest BCUT2D eigenvalue weighted by Gasteiger charge is -2.17. The Hall–Kier alpha value is -3.26. The van der Waals surface area contributed by atoms with Crippen LogP contribution in [-0.4, -0.2) is 40.6 Å². The van der Waals surface area contributed by atoms with E-state index in [0.717, 1.165) is 27.3 Å². The van der Waals surface area contributed by atoms with Crippen LogP contribution in [0.5, 0.6) is 0 Å². The van der Waals surface area contributed by atoms with Gasteiger partial charge in [0, 0.05) is 25.2 Å². The zero-order chi connectivity index (χ0) is 21.4. The van der Waals surface area contributed by atoms with Crippen LogP contribution in [-0.2, 0) is 0 Å². The highest BCUT2D eigenvalue weighted by molar-refractivity contribution is 7.22. The molecular weight excluding hydrogens is 415 g/mol. The third-order valence-corrected chi connectivity index (χ3v) is 6.57. The summed E-state index contributed by atoms with van der Waals surface area (Å²) < 4.78 is 19.6. The van der Waals surface area contributed by atoms with Crippen molar-refractivity contribution in [3.63, 3.8) is 0 Å². The van der Waals surface area contributed by atoms with Crippen molar-refractivity contribution in [3.8, 4) is 11.3 Å². The van der Waals surface area contributed by atoms with Crippen LogP contribution in [0.4, 0.5) is 9.52 Å². The van der Waals surface area contributed by atoms with Crippen LogP contribution in [0.2, 0.25) is 0 Å². The maximum Gasteiger partial charge on any atom is 0.259 e. The van der Waals surface area contributed by atoms with Gasteiger partial charge in [0.1, 0.15) is 22.8 Å². The van der Waals surface area contributed by atoms with Gasteiger partial charge in [-0.1, -0.05) is 46.8 Å². The number of anilines is 1. The zero-order valence-corrected chi connectivity index (χ0v) is 17.8. The summed E-state index contributed by atoms with van der Waals surface area (Å²) in [6, 6.07) is 14.2. The standard InChI is InChI=1S/C23H21FN4O2S/c1-14-20(21(27-30-14)16-5-3-2-4-6-16)22(29)28-10-9-15(13-28)12-25-23-26-18-8-7-17(24)11-19(18)31-23/h2-8,11,15H,9-10,12-13H2,1H3,(H,25,26). The second kappa shape index (κ2) is 8.11. The number of amides is 1. The molecule has 0 saturated carbocycles. The van der Waals surface area contributed by atoms with Gasteiger partial charge in [0.05, 0.1) is 10.2 Å². The van der Waals surface area contributed by atoms with Crippen LogP contribution in [0.3, 0.4) is 0 Å². The number of benzene rings is 2. The van der Waals surface area contributed by atoms with Crippen molar-refractivity contribution in [2.45, 2.75) is 13.3 Å². The molecular formula is C23H21FN4O2S. The fraction of sp³-hybridized carbons (Fsp3) is 0.261. The smallest absolute Gasteiger partial charge is 0.259 e. The molecule has 1 aliphatic heterocycles. The topological polar surface area (TPSA) is 71.3 Å². The molecule has 2 aromatic carbocycles. The molecule has 31 heavy (non-hydrogen) atoms. The van der Waals surface area contributed by atoms with Gasteiger partial charge in [-0.2, -0.15) is 0 Å². The second-order valence-corrected chi connectivity index (χ2v) is 8.78. The van der Waals surface area contributed by atoms with Gasteiger partial charge in [0.15, 0.2) is 5.13 Å². The fourth-order valence-corrected chi connectivity index (χ4v) is 4.86. The van der Waals surface area contributed by atoms with E-state index in [1.165, 1.54) is 23.5 Å². The van der Waals surface area contributed by atoms with E-state index < -0.39 is 0 Å². The number of hydrogen-bond acceptors (Lipinski definition) is 6. The van der Waals surface area contributed by atoms with E-state index in [1.807, 2.05) is 35.2 Å². The van der Waals surface area contributed by atoms with E-state index >= 15 is 0 Å². The minimum atomic E-state index is -0.258. The summed E-state index contributed by atoms with van der Waals surface area (Å²) in [5.41, 5.74) is 2.78. The summed E-state index contributed by atoms with van der Waals surface area (Å²) >= 11 is 1.44. The Morgan fingerprint density at radius 2 is 2.13 bits per heavy atom. The molecule has 6 nitrogen and oxygen atoms in total. The third-order valence-electron chi connectivity index (χ3n) is 5.59. The molecule has 1 unspecified atom stereocenters. The normalized spacial score (nSPS) is 16.2. The van der Waals surface area contributed by atoms with Crippen molar-refractivity contribution in [2.24, 2.45) is 5.92 Å². The van der Waals surface area contributed by atoms with Gasteiger partial charge in [-0.3, -0.25) is 4.79 Å². The molecule has 0 bridgehead atoms. The third kappa shape index (κ3) is 3.90. The molecule has 8 heteroatoms. The highest BCUT2D eigenvalue weighted by Gasteiger charge is 2.31. The van der Waals surface area contributed by atoms with Gasteiger partial charge in [0.25, 0.3) is 5.91 Å². The molecule has 1 aliphatic rings. The minimum absolute atomic E-state index is 0.0458. The molecule has 2 aromatic heterocycles. The quantitative estimate of drug-likeness (QED) is 0.478. The van der Waals surface area contributed by atoms with Gasteiger partial charge in [0.2, 0.25) is 0 Å². The first-order valence-corrected chi connectivity index (χ1v) is 11.0. The number of aryl methyl sites for hydroxylation is 1. The predicted octanol–water partition coefficient (Wildman–Crippen LogP) is 4.97. The van der Waals surface area contributed by atoms with E-state index in [4.69, 9.17) is 4.52 Å². The van der Waals surface area contributed by atoms with Gasteiger partial charge in [-0.25, -0.2) is 9.37 Å². The molecule has 3 heterocycles. The van der Waals surface area contributed by atoms with E-state index in [1.54, 1.807) is 13.0 Å². The maximum atomic E-state index is 13.4. The Balaban J connectivity index is 1.25. The predicted molar refractivity (Wildman–Crippen MR) is 119 cm³/mol. The number of carbonyl (C=O) groups is 1. The van der Waals surface area contributed by atoms with Gasteiger partial charge in [-0.15, -0.1) is 0 Å². The first-order valence-electron chi connectivity index (χ1n) is 10.2. The fourth-order valence-electron chi connectivity index (χ4n) is 3.96. The lowest BCUT2D eigenvalue weighted by Crippen LogP contribution is -2.30. The molecule has 0 spiro atoms.